The molecule has 0 bridgehead atoms. The van der Waals surface area contributed by atoms with Gasteiger partial charge in [0.1, 0.15) is 11.6 Å². The zero-order valence-corrected chi connectivity index (χ0v) is 12.3. The van der Waals surface area contributed by atoms with Crippen molar-refractivity contribution >= 4 is 45.5 Å². The monoisotopic (exact) mass is 384 g/mol. The van der Waals surface area contributed by atoms with Gasteiger partial charge in [0.15, 0.2) is 0 Å². The number of alkyl halides is 1. The average molecular weight is 385 g/mol. The Morgan fingerprint density at radius 2 is 1.94 bits per heavy atom. The van der Waals surface area contributed by atoms with Crippen molar-refractivity contribution in [1.29, 1.82) is 0 Å². The largest absolute Gasteiger partial charge is 0.207 e. The van der Waals surface area contributed by atoms with Crippen LogP contribution in [0.15, 0.2) is 29.6 Å². The van der Waals surface area contributed by atoms with Crippen LogP contribution in [0.4, 0.5) is 8.78 Å². The molecule has 90 valence electrons. The summed E-state index contributed by atoms with van der Waals surface area (Å²) in [5, 5.41) is 1.51. The summed E-state index contributed by atoms with van der Waals surface area (Å²) >= 11 is 9.92. The molecule has 0 nitrogen and oxygen atoms in total. The smallest absolute Gasteiger partial charge is 0.129 e. The molecule has 0 fully saturated rings. The van der Waals surface area contributed by atoms with Crippen LogP contribution in [0.5, 0.6) is 0 Å². The number of halogens is 4. The van der Waals surface area contributed by atoms with Crippen LogP contribution in [0.3, 0.4) is 0 Å². The molecule has 1 unspecified atom stereocenters. The van der Waals surface area contributed by atoms with E-state index in [1.54, 1.807) is 11.3 Å². The van der Waals surface area contributed by atoms with E-state index in [9.17, 15) is 8.78 Å². The summed E-state index contributed by atoms with van der Waals surface area (Å²) < 4.78 is 28.0. The fourth-order valence-corrected chi connectivity index (χ4v) is 3.29. The van der Waals surface area contributed by atoms with Crippen LogP contribution < -0.4 is 0 Å². The van der Waals surface area contributed by atoms with Gasteiger partial charge in [0.05, 0.1) is 8.26 Å². The first kappa shape index (κ1) is 13.2. The molecular formula is C12H8ClF2IS. The number of thiophene rings is 1. The van der Waals surface area contributed by atoms with Crippen LogP contribution in [0.1, 0.15) is 16.5 Å². The van der Waals surface area contributed by atoms with Crippen molar-refractivity contribution in [3.8, 4) is 0 Å². The maximum absolute atomic E-state index is 13.4. The second kappa shape index (κ2) is 5.63. The highest BCUT2D eigenvalue weighted by Gasteiger charge is 2.16. The Kier molecular flexibility index (Phi) is 4.38. The molecule has 0 saturated carbocycles. The van der Waals surface area contributed by atoms with Gasteiger partial charge >= 0.3 is 0 Å². The van der Waals surface area contributed by atoms with E-state index in [1.165, 1.54) is 18.2 Å². The Labute approximate surface area is 121 Å². The van der Waals surface area contributed by atoms with Crippen molar-refractivity contribution in [1.82, 2.24) is 0 Å². The number of hydrogen-bond acceptors (Lipinski definition) is 1. The van der Waals surface area contributed by atoms with E-state index in [-0.39, 0.29) is 12.0 Å². The summed E-state index contributed by atoms with van der Waals surface area (Å²) in [4.78, 5) is 0. The first-order chi connectivity index (χ1) is 8.08. The summed E-state index contributed by atoms with van der Waals surface area (Å²) in [6, 6.07) is 5.78. The molecule has 17 heavy (non-hydrogen) atoms. The third kappa shape index (κ3) is 3.17. The summed E-state index contributed by atoms with van der Waals surface area (Å²) in [5.41, 5.74) is 0.956. The highest BCUT2D eigenvalue weighted by Crippen LogP contribution is 2.30. The molecule has 0 N–H and O–H groups in total. The van der Waals surface area contributed by atoms with Crippen LogP contribution in [-0.2, 0) is 6.42 Å². The predicted octanol–water partition coefficient (Wildman–Crippen LogP) is 5.15. The highest BCUT2D eigenvalue weighted by atomic mass is 127. The van der Waals surface area contributed by atoms with E-state index >= 15 is 0 Å². The molecular weight excluding hydrogens is 377 g/mol. The first-order valence-corrected chi connectivity index (χ1v) is 7.28. The molecule has 1 heterocycles. The quantitative estimate of drug-likeness (QED) is 0.507. The minimum Gasteiger partial charge on any atom is -0.207 e. The van der Waals surface area contributed by atoms with Gasteiger partial charge in [0.2, 0.25) is 0 Å². The lowest BCUT2D eigenvalue weighted by molar-refractivity contribution is 0.553. The molecule has 0 amide bonds. The summed E-state index contributed by atoms with van der Waals surface area (Å²) in [5.74, 6) is -1.08. The minimum absolute atomic E-state index is 0.0497. The van der Waals surface area contributed by atoms with Crippen LogP contribution in [0.25, 0.3) is 0 Å². The summed E-state index contributed by atoms with van der Waals surface area (Å²) in [6.45, 7) is 0. The van der Waals surface area contributed by atoms with Gasteiger partial charge in [-0.1, -0.05) is 6.07 Å². The first-order valence-electron chi connectivity index (χ1n) is 4.89. The third-order valence-electron chi connectivity index (χ3n) is 2.39. The number of rotatable bonds is 3. The van der Waals surface area contributed by atoms with Crippen molar-refractivity contribution in [2.45, 2.75) is 11.8 Å². The lowest BCUT2D eigenvalue weighted by Crippen LogP contribution is -2.00. The average Bonchev–Trinajstić information content (AvgIpc) is 2.70. The molecule has 0 aliphatic heterocycles. The van der Waals surface area contributed by atoms with E-state index in [0.29, 0.717) is 0 Å². The maximum atomic E-state index is 13.4. The molecule has 0 radical (unpaired) electrons. The van der Waals surface area contributed by atoms with E-state index in [0.717, 1.165) is 8.45 Å². The summed E-state index contributed by atoms with van der Waals surface area (Å²) in [6.07, 6.45) is 0.160. The van der Waals surface area contributed by atoms with E-state index in [4.69, 9.17) is 11.6 Å². The lowest BCUT2D eigenvalue weighted by atomic mass is 10.1. The lowest BCUT2D eigenvalue weighted by Gasteiger charge is -2.09. The minimum atomic E-state index is -0.541. The molecule has 1 aromatic heterocycles. The van der Waals surface area contributed by atoms with Gasteiger partial charge in [0, 0.05) is 5.56 Å². The molecule has 1 aromatic carbocycles. The van der Waals surface area contributed by atoms with Gasteiger partial charge in [-0.05, 0) is 58.2 Å². The highest BCUT2D eigenvalue weighted by molar-refractivity contribution is 14.1. The van der Waals surface area contributed by atoms with Crippen molar-refractivity contribution in [2.75, 3.05) is 0 Å². The zero-order chi connectivity index (χ0) is 12.4. The van der Waals surface area contributed by atoms with Gasteiger partial charge in [-0.25, -0.2) is 8.78 Å². The SMILES string of the molecule is Fc1cccc(F)c1CC(Cl)c1csc(I)c1. The predicted molar refractivity (Wildman–Crippen MR) is 75.7 cm³/mol. The molecule has 0 aliphatic carbocycles. The van der Waals surface area contributed by atoms with Gasteiger partial charge < -0.3 is 0 Å². The Bertz CT molecular complexity index is 507. The molecule has 0 aliphatic rings. The topological polar surface area (TPSA) is 0 Å². The number of benzene rings is 1. The molecule has 0 spiro atoms. The Morgan fingerprint density at radius 1 is 1.29 bits per heavy atom. The van der Waals surface area contributed by atoms with Crippen molar-refractivity contribution in [3.63, 3.8) is 0 Å². The third-order valence-corrected chi connectivity index (χ3v) is 4.61. The van der Waals surface area contributed by atoms with Gasteiger partial charge in [-0.3, -0.25) is 0 Å². The normalized spacial score (nSPS) is 12.7. The van der Waals surface area contributed by atoms with Crippen molar-refractivity contribution in [2.24, 2.45) is 0 Å². The number of hydrogen-bond donors (Lipinski definition) is 0. The Balaban J connectivity index is 2.21. The van der Waals surface area contributed by atoms with Crippen LogP contribution in [-0.4, -0.2) is 0 Å². The van der Waals surface area contributed by atoms with Crippen LogP contribution in [0.2, 0.25) is 0 Å². The van der Waals surface area contributed by atoms with Crippen molar-refractivity contribution in [3.05, 3.63) is 55.3 Å². The fraction of sp³-hybridized carbons (Fsp3) is 0.167. The molecule has 1 atom stereocenters. The standard InChI is InChI=1S/C12H8ClF2IS/c13-9(7-4-12(16)17-6-7)5-8-10(14)2-1-3-11(8)15/h1-4,6,9H,5H2. The van der Waals surface area contributed by atoms with Gasteiger partial charge in [-0.2, -0.15) is 0 Å². The molecule has 2 rings (SSSR count). The fourth-order valence-electron chi connectivity index (χ4n) is 1.51. The Hall–Kier alpha value is -0.200. The van der Waals surface area contributed by atoms with E-state index in [1.807, 2.05) is 11.4 Å². The van der Waals surface area contributed by atoms with Crippen molar-refractivity contribution < 1.29 is 8.78 Å². The van der Waals surface area contributed by atoms with Crippen LogP contribution >= 0.6 is 45.5 Å². The Morgan fingerprint density at radius 3 is 2.47 bits per heavy atom. The second-order valence-electron chi connectivity index (χ2n) is 3.56. The van der Waals surface area contributed by atoms with Crippen LogP contribution in [0, 0.1) is 14.5 Å². The maximum Gasteiger partial charge on any atom is 0.129 e. The second-order valence-corrected chi connectivity index (χ2v) is 6.89. The molecule has 0 saturated heterocycles. The van der Waals surface area contributed by atoms with E-state index < -0.39 is 17.0 Å². The van der Waals surface area contributed by atoms with E-state index in [2.05, 4.69) is 22.6 Å². The molecule has 2 aromatic rings. The summed E-state index contributed by atoms with van der Waals surface area (Å²) in [7, 11) is 0. The van der Waals surface area contributed by atoms with Gasteiger partial charge in [0.25, 0.3) is 0 Å². The molecule has 5 heteroatoms. The zero-order valence-electron chi connectivity index (χ0n) is 8.59. The van der Waals surface area contributed by atoms with Gasteiger partial charge in [-0.15, -0.1) is 22.9 Å².